The first-order valence-electron chi connectivity index (χ1n) is 6.12. The van der Waals surface area contributed by atoms with Gasteiger partial charge in [-0.2, -0.15) is 0 Å². The standard InChI is InChI=1S/C13H19FN2/c14-12-7-11(8-16-9-12)13(15)6-5-10-3-1-2-4-10/h7-10,13H,1-6,15H2. The second-order valence-electron chi connectivity index (χ2n) is 4.77. The van der Waals surface area contributed by atoms with E-state index in [0.29, 0.717) is 0 Å². The van der Waals surface area contributed by atoms with Crippen LogP contribution in [0.25, 0.3) is 0 Å². The van der Waals surface area contributed by atoms with Gasteiger partial charge in [-0.15, -0.1) is 0 Å². The van der Waals surface area contributed by atoms with Crippen LogP contribution in [0.3, 0.4) is 0 Å². The van der Waals surface area contributed by atoms with Crippen LogP contribution in [0.2, 0.25) is 0 Å². The highest BCUT2D eigenvalue weighted by molar-refractivity contribution is 5.14. The third kappa shape index (κ3) is 3.01. The summed E-state index contributed by atoms with van der Waals surface area (Å²) in [6, 6.07) is 1.43. The lowest BCUT2D eigenvalue weighted by Crippen LogP contribution is -2.12. The van der Waals surface area contributed by atoms with Crippen molar-refractivity contribution in [3.63, 3.8) is 0 Å². The number of pyridine rings is 1. The predicted molar refractivity (Wildman–Crippen MR) is 62.3 cm³/mol. The quantitative estimate of drug-likeness (QED) is 0.849. The molecule has 1 aromatic heterocycles. The molecule has 2 N–H and O–H groups in total. The molecule has 1 fully saturated rings. The number of halogens is 1. The molecule has 1 unspecified atom stereocenters. The molecule has 3 heteroatoms. The number of nitrogens with zero attached hydrogens (tertiary/aromatic N) is 1. The first-order chi connectivity index (χ1) is 7.75. The Morgan fingerprint density at radius 2 is 2.12 bits per heavy atom. The van der Waals surface area contributed by atoms with Gasteiger partial charge in [-0.05, 0) is 30.4 Å². The monoisotopic (exact) mass is 222 g/mol. The predicted octanol–water partition coefficient (Wildman–Crippen LogP) is 3.19. The average Bonchev–Trinajstić information content (AvgIpc) is 2.78. The van der Waals surface area contributed by atoms with E-state index >= 15 is 0 Å². The van der Waals surface area contributed by atoms with Crippen molar-refractivity contribution in [3.05, 3.63) is 29.8 Å². The van der Waals surface area contributed by atoms with Crippen LogP contribution < -0.4 is 5.73 Å². The Bertz CT molecular complexity index is 334. The Morgan fingerprint density at radius 1 is 1.38 bits per heavy atom. The van der Waals surface area contributed by atoms with Gasteiger partial charge in [0.15, 0.2) is 0 Å². The van der Waals surface area contributed by atoms with E-state index in [0.717, 1.165) is 24.3 Å². The molecule has 1 aliphatic carbocycles. The molecule has 0 radical (unpaired) electrons. The third-order valence-corrected chi connectivity index (χ3v) is 3.51. The van der Waals surface area contributed by atoms with E-state index < -0.39 is 0 Å². The molecule has 0 amide bonds. The molecule has 0 spiro atoms. The van der Waals surface area contributed by atoms with E-state index in [-0.39, 0.29) is 11.9 Å². The van der Waals surface area contributed by atoms with E-state index in [4.69, 9.17) is 5.73 Å². The van der Waals surface area contributed by atoms with Gasteiger partial charge in [0.1, 0.15) is 5.82 Å². The van der Waals surface area contributed by atoms with Crippen molar-refractivity contribution in [2.45, 2.75) is 44.6 Å². The van der Waals surface area contributed by atoms with E-state index in [2.05, 4.69) is 4.98 Å². The van der Waals surface area contributed by atoms with Gasteiger partial charge in [0, 0.05) is 12.2 Å². The third-order valence-electron chi connectivity index (χ3n) is 3.51. The largest absolute Gasteiger partial charge is 0.324 e. The lowest BCUT2D eigenvalue weighted by Gasteiger charge is -2.14. The number of nitrogens with two attached hydrogens (primary N) is 1. The molecule has 1 atom stereocenters. The van der Waals surface area contributed by atoms with Crippen molar-refractivity contribution in [2.24, 2.45) is 11.7 Å². The van der Waals surface area contributed by atoms with Crippen molar-refractivity contribution in [1.82, 2.24) is 4.98 Å². The van der Waals surface area contributed by atoms with Crippen LogP contribution >= 0.6 is 0 Å². The van der Waals surface area contributed by atoms with Gasteiger partial charge in [-0.25, -0.2) is 4.39 Å². The maximum atomic E-state index is 13.0. The van der Waals surface area contributed by atoms with Gasteiger partial charge in [0.05, 0.1) is 6.20 Å². The summed E-state index contributed by atoms with van der Waals surface area (Å²) in [6.45, 7) is 0. The van der Waals surface area contributed by atoms with Crippen LogP contribution in [0, 0.1) is 11.7 Å². The van der Waals surface area contributed by atoms with Crippen molar-refractivity contribution in [2.75, 3.05) is 0 Å². The summed E-state index contributed by atoms with van der Waals surface area (Å²) in [5, 5.41) is 0. The minimum atomic E-state index is -0.297. The van der Waals surface area contributed by atoms with E-state index in [1.54, 1.807) is 6.20 Å². The lowest BCUT2D eigenvalue weighted by molar-refractivity contribution is 0.452. The van der Waals surface area contributed by atoms with E-state index in [1.165, 1.54) is 37.9 Å². The molecule has 2 nitrogen and oxygen atoms in total. The van der Waals surface area contributed by atoms with Crippen LogP contribution in [-0.2, 0) is 0 Å². The highest BCUT2D eigenvalue weighted by Crippen LogP contribution is 2.30. The molecule has 1 saturated carbocycles. The summed E-state index contributed by atoms with van der Waals surface area (Å²) < 4.78 is 13.0. The molecule has 0 bridgehead atoms. The van der Waals surface area contributed by atoms with Crippen LogP contribution in [0.1, 0.15) is 50.1 Å². The number of hydrogen-bond donors (Lipinski definition) is 1. The molecule has 16 heavy (non-hydrogen) atoms. The minimum Gasteiger partial charge on any atom is -0.324 e. The van der Waals surface area contributed by atoms with Crippen molar-refractivity contribution in [1.29, 1.82) is 0 Å². The van der Waals surface area contributed by atoms with E-state index in [1.807, 2.05) is 0 Å². The summed E-state index contributed by atoms with van der Waals surface area (Å²) in [5.74, 6) is 0.543. The van der Waals surface area contributed by atoms with Gasteiger partial charge in [0.2, 0.25) is 0 Å². The Balaban J connectivity index is 1.85. The molecule has 2 rings (SSSR count). The molecular formula is C13H19FN2. The number of rotatable bonds is 4. The molecule has 1 aromatic rings. The molecule has 0 aliphatic heterocycles. The summed E-state index contributed by atoms with van der Waals surface area (Å²) in [5.41, 5.74) is 6.85. The zero-order valence-corrected chi connectivity index (χ0v) is 9.53. The maximum absolute atomic E-state index is 13.0. The van der Waals surface area contributed by atoms with Gasteiger partial charge < -0.3 is 5.73 Å². The smallest absolute Gasteiger partial charge is 0.141 e. The molecular weight excluding hydrogens is 203 g/mol. The Morgan fingerprint density at radius 3 is 2.81 bits per heavy atom. The van der Waals surface area contributed by atoms with Crippen molar-refractivity contribution < 1.29 is 4.39 Å². The van der Waals surface area contributed by atoms with Crippen molar-refractivity contribution >= 4 is 0 Å². The fraction of sp³-hybridized carbons (Fsp3) is 0.615. The molecule has 1 aliphatic rings. The zero-order chi connectivity index (χ0) is 11.4. The van der Waals surface area contributed by atoms with Crippen LogP contribution in [0.5, 0.6) is 0 Å². The summed E-state index contributed by atoms with van der Waals surface area (Å²) in [6.07, 6.45) is 10.4. The summed E-state index contributed by atoms with van der Waals surface area (Å²) in [4.78, 5) is 3.83. The van der Waals surface area contributed by atoms with Crippen molar-refractivity contribution in [3.8, 4) is 0 Å². The topological polar surface area (TPSA) is 38.9 Å². The SMILES string of the molecule is NC(CCC1CCCC1)c1cncc(F)c1. The minimum absolute atomic E-state index is 0.0659. The van der Waals surface area contributed by atoms with Crippen LogP contribution in [0.4, 0.5) is 4.39 Å². The Hall–Kier alpha value is -0.960. The van der Waals surface area contributed by atoms with E-state index in [9.17, 15) is 4.39 Å². The normalized spacial score (nSPS) is 18.9. The average molecular weight is 222 g/mol. The molecule has 0 saturated heterocycles. The second-order valence-corrected chi connectivity index (χ2v) is 4.77. The van der Waals surface area contributed by atoms with Gasteiger partial charge >= 0.3 is 0 Å². The van der Waals surface area contributed by atoms with Crippen LogP contribution in [0.15, 0.2) is 18.5 Å². The molecule has 1 heterocycles. The Kier molecular flexibility index (Phi) is 3.88. The van der Waals surface area contributed by atoms with Crippen LogP contribution in [-0.4, -0.2) is 4.98 Å². The van der Waals surface area contributed by atoms with Gasteiger partial charge in [0.25, 0.3) is 0 Å². The maximum Gasteiger partial charge on any atom is 0.141 e. The fourth-order valence-electron chi connectivity index (χ4n) is 2.51. The zero-order valence-electron chi connectivity index (χ0n) is 9.53. The highest BCUT2D eigenvalue weighted by atomic mass is 19.1. The second kappa shape index (κ2) is 5.39. The highest BCUT2D eigenvalue weighted by Gasteiger charge is 2.16. The first kappa shape index (κ1) is 11.5. The Labute approximate surface area is 96.1 Å². The summed E-state index contributed by atoms with van der Waals surface area (Å²) in [7, 11) is 0. The molecule has 0 aromatic carbocycles. The summed E-state index contributed by atoms with van der Waals surface area (Å²) >= 11 is 0. The fourth-order valence-corrected chi connectivity index (χ4v) is 2.51. The lowest BCUT2D eigenvalue weighted by atomic mass is 9.96. The number of aromatic nitrogens is 1. The van der Waals surface area contributed by atoms with Gasteiger partial charge in [-0.1, -0.05) is 25.7 Å². The first-order valence-corrected chi connectivity index (χ1v) is 6.12. The number of hydrogen-bond acceptors (Lipinski definition) is 2. The van der Waals surface area contributed by atoms with Gasteiger partial charge in [-0.3, -0.25) is 4.98 Å². The molecule has 88 valence electrons.